The summed E-state index contributed by atoms with van der Waals surface area (Å²) < 4.78 is 20.3. The first-order valence-corrected chi connectivity index (χ1v) is 9.87. The van der Waals surface area contributed by atoms with Gasteiger partial charge in [0.25, 0.3) is 11.8 Å². The zero-order valence-electron chi connectivity index (χ0n) is 17.5. The second kappa shape index (κ2) is 12.7. The van der Waals surface area contributed by atoms with Gasteiger partial charge in [0.15, 0.2) is 6.61 Å². The van der Waals surface area contributed by atoms with E-state index in [0.29, 0.717) is 17.9 Å². The maximum Gasteiger partial charge on any atom is 0.513 e. The maximum atomic E-state index is 12.1. The third-order valence-corrected chi connectivity index (χ3v) is 3.82. The van der Waals surface area contributed by atoms with E-state index in [1.807, 2.05) is 6.92 Å². The Kier molecular flexibility index (Phi) is 9.67. The normalized spacial score (nSPS) is 10.0. The lowest BCUT2D eigenvalue weighted by atomic mass is 10.2. The van der Waals surface area contributed by atoms with Crippen molar-refractivity contribution in [3.63, 3.8) is 0 Å². The van der Waals surface area contributed by atoms with Crippen molar-refractivity contribution in [3.05, 3.63) is 54.1 Å². The molecule has 0 atom stereocenters. The molecule has 0 saturated heterocycles. The second-order valence-corrected chi connectivity index (χ2v) is 6.11. The molecule has 0 fully saturated rings. The zero-order chi connectivity index (χ0) is 22.5. The summed E-state index contributed by atoms with van der Waals surface area (Å²) in [6, 6.07) is 13.0. The molecule has 2 aromatic rings. The van der Waals surface area contributed by atoms with Crippen molar-refractivity contribution in [2.45, 2.75) is 13.8 Å². The molecule has 0 spiro atoms. The quantitative estimate of drug-likeness (QED) is 0.320. The van der Waals surface area contributed by atoms with Gasteiger partial charge in [0.1, 0.15) is 17.2 Å². The fourth-order valence-corrected chi connectivity index (χ4v) is 2.40. The lowest BCUT2D eigenvalue weighted by Gasteiger charge is -2.09. The van der Waals surface area contributed by atoms with E-state index in [9.17, 15) is 14.4 Å². The van der Waals surface area contributed by atoms with E-state index in [2.05, 4.69) is 15.4 Å². The number of hydrogen-bond acceptors (Lipinski definition) is 7. The molecule has 9 nitrogen and oxygen atoms in total. The van der Waals surface area contributed by atoms with E-state index < -0.39 is 6.16 Å². The Bertz CT molecular complexity index is 851. The Balaban J connectivity index is 1.64. The number of amides is 2. The van der Waals surface area contributed by atoms with Gasteiger partial charge >= 0.3 is 6.16 Å². The summed E-state index contributed by atoms with van der Waals surface area (Å²) in [5.41, 5.74) is 0.390. The summed E-state index contributed by atoms with van der Waals surface area (Å²) >= 11 is 0. The molecule has 0 saturated carbocycles. The molecular weight excluding hydrogens is 404 g/mol. The van der Waals surface area contributed by atoms with Crippen LogP contribution in [0.5, 0.6) is 17.2 Å². The highest BCUT2D eigenvalue weighted by molar-refractivity contribution is 5.94. The molecule has 9 heteroatoms. The van der Waals surface area contributed by atoms with Gasteiger partial charge in [-0.25, -0.2) is 4.79 Å². The van der Waals surface area contributed by atoms with Crippen LogP contribution in [0.2, 0.25) is 0 Å². The molecule has 0 bridgehead atoms. The van der Waals surface area contributed by atoms with E-state index >= 15 is 0 Å². The minimum Gasteiger partial charge on any atom is -0.494 e. The van der Waals surface area contributed by atoms with Crippen molar-refractivity contribution in [3.8, 4) is 17.2 Å². The van der Waals surface area contributed by atoms with Gasteiger partial charge in [0.2, 0.25) is 0 Å². The molecular formula is C22H26N2O7. The summed E-state index contributed by atoms with van der Waals surface area (Å²) in [5, 5.41) is 5.35. The number of ether oxygens (including phenoxy) is 4. The minimum absolute atomic E-state index is 0.135. The number of nitrogens with one attached hydrogen (secondary N) is 2. The van der Waals surface area contributed by atoms with Gasteiger partial charge in [0.05, 0.1) is 13.2 Å². The molecule has 0 unspecified atom stereocenters. The second-order valence-electron chi connectivity index (χ2n) is 6.11. The number of benzene rings is 2. The zero-order valence-corrected chi connectivity index (χ0v) is 17.5. The van der Waals surface area contributed by atoms with Crippen LogP contribution in [0.4, 0.5) is 4.79 Å². The predicted molar refractivity (Wildman–Crippen MR) is 113 cm³/mol. The molecule has 166 valence electrons. The first kappa shape index (κ1) is 23.5. The molecule has 0 aromatic heterocycles. The van der Waals surface area contributed by atoms with E-state index in [0.717, 1.165) is 5.75 Å². The number of hydrogen-bond donors (Lipinski definition) is 2. The summed E-state index contributed by atoms with van der Waals surface area (Å²) in [7, 11) is 0. The third-order valence-electron chi connectivity index (χ3n) is 3.82. The Morgan fingerprint density at radius 1 is 0.742 bits per heavy atom. The highest BCUT2D eigenvalue weighted by atomic mass is 16.7. The fourth-order valence-electron chi connectivity index (χ4n) is 2.40. The summed E-state index contributed by atoms with van der Waals surface area (Å²) in [6.45, 7) is 4.72. The van der Waals surface area contributed by atoms with Crippen LogP contribution in [0.1, 0.15) is 24.2 Å². The number of carbonyl (C=O) groups is 3. The van der Waals surface area contributed by atoms with Crippen LogP contribution in [0.25, 0.3) is 0 Å². The molecule has 2 rings (SSSR count). The molecule has 0 aliphatic rings. The Labute approximate surface area is 180 Å². The Hall–Kier alpha value is -3.75. The SMILES string of the molecule is CCOC(=O)Oc1ccc(C(=O)NCCNC(=O)COc2ccc(OCC)cc2)cc1. The summed E-state index contributed by atoms with van der Waals surface area (Å²) in [6.07, 6.45) is -0.804. The lowest BCUT2D eigenvalue weighted by Crippen LogP contribution is -2.36. The maximum absolute atomic E-state index is 12.1. The summed E-state index contributed by atoms with van der Waals surface area (Å²) in [5.74, 6) is 0.944. The largest absolute Gasteiger partial charge is 0.513 e. The van der Waals surface area contributed by atoms with Gasteiger partial charge in [0, 0.05) is 18.7 Å². The van der Waals surface area contributed by atoms with Crippen molar-refractivity contribution in [2.75, 3.05) is 32.9 Å². The molecule has 0 heterocycles. The minimum atomic E-state index is -0.804. The van der Waals surface area contributed by atoms with Gasteiger partial charge in [-0.2, -0.15) is 0 Å². The smallest absolute Gasteiger partial charge is 0.494 e. The first-order chi connectivity index (χ1) is 15.0. The standard InChI is InChI=1S/C22H26N2O7/c1-3-28-17-9-11-18(12-10-17)30-15-20(25)23-13-14-24-21(26)16-5-7-19(8-6-16)31-22(27)29-4-2/h5-12H,3-4,13-15H2,1-2H3,(H,23,25)(H,24,26). The van der Waals surface area contributed by atoms with Gasteiger partial charge < -0.3 is 29.6 Å². The van der Waals surface area contributed by atoms with Crippen LogP contribution in [-0.2, 0) is 9.53 Å². The van der Waals surface area contributed by atoms with Crippen molar-refractivity contribution in [1.29, 1.82) is 0 Å². The molecule has 0 aliphatic heterocycles. The molecule has 2 aromatic carbocycles. The van der Waals surface area contributed by atoms with Crippen LogP contribution in [-0.4, -0.2) is 50.9 Å². The van der Waals surface area contributed by atoms with Gasteiger partial charge in [-0.15, -0.1) is 0 Å². The average Bonchev–Trinajstić information content (AvgIpc) is 2.77. The molecule has 0 aliphatic carbocycles. The topological polar surface area (TPSA) is 112 Å². The van der Waals surface area contributed by atoms with E-state index in [1.165, 1.54) is 24.3 Å². The number of rotatable bonds is 11. The van der Waals surface area contributed by atoms with Crippen molar-refractivity contribution in [1.82, 2.24) is 10.6 Å². The van der Waals surface area contributed by atoms with Gasteiger partial charge in [-0.3, -0.25) is 9.59 Å². The third kappa shape index (κ3) is 8.65. The highest BCUT2D eigenvalue weighted by Crippen LogP contribution is 2.17. The van der Waals surface area contributed by atoms with E-state index in [1.54, 1.807) is 31.2 Å². The Morgan fingerprint density at radius 2 is 1.32 bits per heavy atom. The van der Waals surface area contributed by atoms with Crippen LogP contribution < -0.4 is 24.8 Å². The highest BCUT2D eigenvalue weighted by Gasteiger charge is 2.09. The van der Waals surface area contributed by atoms with Crippen molar-refractivity contribution >= 4 is 18.0 Å². The van der Waals surface area contributed by atoms with Crippen molar-refractivity contribution in [2.24, 2.45) is 0 Å². The van der Waals surface area contributed by atoms with Crippen molar-refractivity contribution < 1.29 is 33.3 Å². The Morgan fingerprint density at radius 3 is 1.94 bits per heavy atom. The molecule has 2 N–H and O–H groups in total. The monoisotopic (exact) mass is 430 g/mol. The molecule has 31 heavy (non-hydrogen) atoms. The van der Waals surface area contributed by atoms with E-state index in [-0.39, 0.29) is 43.9 Å². The van der Waals surface area contributed by atoms with Crippen LogP contribution in [0.15, 0.2) is 48.5 Å². The molecule has 0 radical (unpaired) electrons. The van der Waals surface area contributed by atoms with E-state index in [4.69, 9.17) is 14.2 Å². The van der Waals surface area contributed by atoms with Gasteiger partial charge in [-0.05, 0) is 62.4 Å². The fraction of sp³-hybridized carbons (Fsp3) is 0.318. The number of carbonyl (C=O) groups excluding carboxylic acids is 3. The summed E-state index contributed by atoms with van der Waals surface area (Å²) in [4.78, 5) is 35.2. The van der Waals surface area contributed by atoms with Crippen LogP contribution in [0.3, 0.4) is 0 Å². The van der Waals surface area contributed by atoms with Crippen LogP contribution >= 0.6 is 0 Å². The van der Waals surface area contributed by atoms with Gasteiger partial charge in [-0.1, -0.05) is 0 Å². The predicted octanol–water partition coefficient (Wildman–Crippen LogP) is 2.55. The van der Waals surface area contributed by atoms with Crippen LogP contribution in [0, 0.1) is 0 Å². The average molecular weight is 430 g/mol. The molecule has 2 amide bonds. The lowest BCUT2D eigenvalue weighted by molar-refractivity contribution is -0.123. The first-order valence-electron chi connectivity index (χ1n) is 9.87.